The highest BCUT2D eigenvalue weighted by Crippen LogP contribution is 2.50. The van der Waals surface area contributed by atoms with E-state index in [1.165, 1.54) is 36.0 Å². The summed E-state index contributed by atoms with van der Waals surface area (Å²) in [6.45, 7) is 0. The van der Waals surface area contributed by atoms with Crippen molar-refractivity contribution in [3.05, 3.63) is 107 Å². The molecule has 1 heterocycles. The van der Waals surface area contributed by atoms with E-state index < -0.39 is 34.7 Å². The molecule has 0 aromatic heterocycles. The van der Waals surface area contributed by atoms with E-state index >= 15 is 0 Å². The SMILES string of the molecule is O=C(c1ccc(F)cc1)C1(C(=O)c2ccc(F)cc2)C[C@H](c2ccccc2)SC[C@@H]1O. The van der Waals surface area contributed by atoms with Gasteiger partial charge in [0.25, 0.3) is 0 Å². The Balaban J connectivity index is 1.82. The zero-order valence-corrected chi connectivity index (χ0v) is 17.3. The molecule has 158 valence electrons. The maximum absolute atomic E-state index is 13.7. The third-order valence-electron chi connectivity index (χ3n) is 5.73. The monoisotopic (exact) mass is 438 g/mol. The number of halogens is 2. The summed E-state index contributed by atoms with van der Waals surface area (Å²) in [6.07, 6.45) is -1.16. The van der Waals surface area contributed by atoms with E-state index in [-0.39, 0.29) is 28.6 Å². The van der Waals surface area contributed by atoms with Crippen molar-refractivity contribution in [2.45, 2.75) is 17.8 Å². The molecule has 0 bridgehead atoms. The summed E-state index contributed by atoms with van der Waals surface area (Å²) in [7, 11) is 0. The van der Waals surface area contributed by atoms with Crippen LogP contribution in [-0.4, -0.2) is 28.5 Å². The van der Waals surface area contributed by atoms with Gasteiger partial charge in [-0.05, 0) is 60.5 Å². The average molecular weight is 438 g/mol. The number of benzene rings is 3. The number of rotatable bonds is 5. The van der Waals surface area contributed by atoms with Crippen LogP contribution in [0.15, 0.2) is 78.9 Å². The van der Waals surface area contributed by atoms with Crippen molar-refractivity contribution in [3.63, 3.8) is 0 Å². The highest BCUT2D eigenvalue weighted by Gasteiger charge is 2.55. The normalized spacial score (nSPS) is 20.2. The molecular weight excluding hydrogens is 418 g/mol. The van der Waals surface area contributed by atoms with Gasteiger partial charge in [-0.2, -0.15) is 11.8 Å². The fourth-order valence-corrected chi connectivity index (χ4v) is 5.46. The Morgan fingerprint density at radius 3 is 1.77 bits per heavy atom. The lowest BCUT2D eigenvalue weighted by Gasteiger charge is -2.42. The van der Waals surface area contributed by atoms with Gasteiger partial charge in [0.1, 0.15) is 17.0 Å². The van der Waals surface area contributed by atoms with Gasteiger partial charge in [-0.15, -0.1) is 0 Å². The molecule has 0 amide bonds. The molecule has 1 aliphatic rings. The van der Waals surface area contributed by atoms with E-state index in [0.29, 0.717) is 0 Å². The number of carbonyl (C=O) groups excluding carboxylic acids is 2. The number of Topliss-reactive ketones (excluding diaryl/α,β-unsaturated/α-hetero) is 2. The van der Waals surface area contributed by atoms with Crippen LogP contribution in [0.3, 0.4) is 0 Å². The number of hydrogen-bond donors (Lipinski definition) is 1. The minimum absolute atomic E-state index is 0.0786. The molecule has 1 N–H and O–H groups in total. The first-order valence-electron chi connectivity index (χ1n) is 9.87. The number of aliphatic hydroxyl groups is 1. The molecule has 0 saturated carbocycles. The largest absolute Gasteiger partial charge is 0.391 e. The molecule has 0 aliphatic carbocycles. The van der Waals surface area contributed by atoms with Gasteiger partial charge in [-0.1, -0.05) is 30.3 Å². The fraction of sp³-hybridized carbons (Fsp3) is 0.200. The van der Waals surface area contributed by atoms with E-state index in [4.69, 9.17) is 0 Å². The Morgan fingerprint density at radius 1 is 0.806 bits per heavy atom. The highest BCUT2D eigenvalue weighted by atomic mass is 32.2. The minimum Gasteiger partial charge on any atom is -0.391 e. The Kier molecular flexibility index (Phi) is 6.03. The molecule has 3 aromatic rings. The molecule has 2 atom stereocenters. The Labute approximate surface area is 183 Å². The van der Waals surface area contributed by atoms with Crippen LogP contribution in [0.2, 0.25) is 0 Å². The predicted molar refractivity (Wildman–Crippen MR) is 116 cm³/mol. The first-order valence-corrected chi connectivity index (χ1v) is 10.9. The van der Waals surface area contributed by atoms with E-state index in [9.17, 15) is 23.5 Å². The molecule has 31 heavy (non-hydrogen) atoms. The van der Waals surface area contributed by atoms with Crippen molar-refractivity contribution >= 4 is 23.3 Å². The fourth-order valence-electron chi connectivity index (χ4n) is 4.03. The smallest absolute Gasteiger partial charge is 0.179 e. The minimum atomic E-state index is -1.76. The maximum Gasteiger partial charge on any atom is 0.179 e. The van der Waals surface area contributed by atoms with Crippen LogP contribution in [0, 0.1) is 17.0 Å². The lowest BCUT2D eigenvalue weighted by molar-refractivity contribution is 0.0267. The van der Waals surface area contributed by atoms with Crippen LogP contribution in [0.4, 0.5) is 8.78 Å². The summed E-state index contributed by atoms with van der Waals surface area (Å²) in [6, 6.07) is 19.4. The number of thioether (sulfide) groups is 1. The van der Waals surface area contributed by atoms with Gasteiger partial charge in [-0.25, -0.2) is 8.78 Å². The highest BCUT2D eigenvalue weighted by molar-refractivity contribution is 7.99. The Morgan fingerprint density at radius 2 is 1.29 bits per heavy atom. The molecular formula is C25H20F2O3S. The zero-order chi connectivity index (χ0) is 22.0. The number of carbonyl (C=O) groups is 2. The van der Waals surface area contributed by atoms with Crippen LogP contribution < -0.4 is 0 Å². The van der Waals surface area contributed by atoms with E-state index in [2.05, 4.69) is 0 Å². The number of aliphatic hydroxyl groups excluding tert-OH is 1. The van der Waals surface area contributed by atoms with E-state index in [1.807, 2.05) is 30.3 Å². The quantitative estimate of drug-likeness (QED) is 0.436. The molecule has 0 spiro atoms. The van der Waals surface area contributed by atoms with Gasteiger partial charge in [0, 0.05) is 22.1 Å². The van der Waals surface area contributed by atoms with Gasteiger partial charge in [0.2, 0.25) is 0 Å². The second kappa shape index (κ2) is 8.73. The second-order valence-corrected chi connectivity index (χ2v) is 8.83. The molecule has 3 aromatic carbocycles. The van der Waals surface area contributed by atoms with Crippen molar-refractivity contribution in [1.29, 1.82) is 0 Å². The zero-order valence-electron chi connectivity index (χ0n) is 16.5. The number of ketones is 2. The molecule has 0 unspecified atom stereocenters. The number of hydrogen-bond acceptors (Lipinski definition) is 4. The topological polar surface area (TPSA) is 54.4 Å². The van der Waals surface area contributed by atoms with Crippen LogP contribution in [0.25, 0.3) is 0 Å². The van der Waals surface area contributed by atoms with E-state index in [0.717, 1.165) is 29.8 Å². The summed E-state index contributed by atoms with van der Waals surface area (Å²) < 4.78 is 26.9. The van der Waals surface area contributed by atoms with E-state index in [1.54, 1.807) is 0 Å². The first-order chi connectivity index (χ1) is 14.9. The Hall–Kier alpha value is -2.83. The summed E-state index contributed by atoms with van der Waals surface area (Å²) in [5, 5.41) is 10.9. The summed E-state index contributed by atoms with van der Waals surface area (Å²) >= 11 is 1.48. The Bertz CT molecular complexity index is 1020. The molecule has 0 radical (unpaired) electrons. The van der Waals surface area contributed by atoms with Gasteiger partial charge in [-0.3, -0.25) is 9.59 Å². The molecule has 1 fully saturated rings. The third kappa shape index (κ3) is 4.05. The van der Waals surface area contributed by atoms with Crippen LogP contribution in [0.1, 0.15) is 38.0 Å². The van der Waals surface area contributed by atoms with Gasteiger partial charge in [0.15, 0.2) is 11.6 Å². The van der Waals surface area contributed by atoms with Crippen molar-refractivity contribution in [3.8, 4) is 0 Å². The van der Waals surface area contributed by atoms with Crippen molar-refractivity contribution in [2.24, 2.45) is 5.41 Å². The van der Waals surface area contributed by atoms with Crippen molar-refractivity contribution in [1.82, 2.24) is 0 Å². The summed E-state index contributed by atoms with van der Waals surface area (Å²) in [5.74, 6) is -1.94. The third-order valence-corrected chi connectivity index (χ3v) is 7.08. The average Bonchev–Trinajstić information content (AvgIpc) is 2.80. The molecule has 1 aliphatic heterocycles. The molecule has 6 heteroatoms. The summed E-state index contributed by atoms with van der Waals surface area (Å²) in [4.78, 5) is 27.4. The van der Waals surface area contributed by atoms with Gasteiger partial charge < -0.3 is 5.11 Å². The standard InChI is InChI=1S/C25H20F2O3S/c26-19-10-6-17(7-11-19)23(29)25(24(30)18-8-12-20(27)13-9-18)14-21(31-15-22(25)28)16-4-2-1-3-5-16/h1-13,21-22,28H,14-15H2/t21-,22+/m1/s1. The lowest BCUT2D eigenvalue weighted by atomic mass is 9.67. The first kappa shape index (κ1) is 21.4. The lowest BCUT2D eigenvalue weighted by Crippen LogP contribution is -2.53. The van der Waals surface area contributed by atoms with Crippen molar-refractivity contribution < 1.29 is 23.5 Å². The molecule has 4 rings (SSSR count). The predicted octanol–water partition coefficient (Wildman–Crippen LogP) is 5.26. The maximum atomic E-state index is 13.7. The second-order valence-electron chi connectivity index (χ2n) is 7.60. The van der Waals surface area contributed by atoms with Gasteiger partial charge >= 0.3 is 0 Å². The van der Waals surface area contributed by atoms with Crippen LogP contribution in [-0.2, 0) is 0 Å². The molecule has 1 saturated heterocycles. The molecule has 3 nitrogen and oxygen atoms in total. The summed E-state index contributed by atoms with van der Waals surface area (Å²) in [5.41, 5.74) is -0.520. The van der Waals surface area contributed by atoms with Crippen molar-refractivity contribution in [2.75, 3.05) is 5.75 Å². The van der Waals surface area contributed by atoms with Gasteiger partial charge in [0.05, 0.1) is 6.10 Å². The van der Waals surface area contributed by atoms with Crippen LogP contribution >= 0.6 is 11.8 Å². The van der Waals surface area contributed by atoms with Crippen LogP contribution in [0.5, 0.6) is 0 Å².